The van der Waals surface area contributed by atoms with Gasteiger partial charge in [0, 0.05) is 0 Å². The summed E-state index contributed by atoms with van der Waals surface area (Å²) in [6, 6.07) is 16.2. The highest BCUT2D eigenvalue weighted by Crippen LogP contribution is 2.22. The van der Waals surface area contributed by atoms with Crippen molar-refractivity contribution in [3.8, 4) is 16.9 Å². The SMILES string of the molecule is [CH2]c1cccc(-c2ccc(OC)cc2)c1. The highest BCUT2D eigenvalue weighted by Gasteiger charge is 1.97. The topological polar surface area (TPSA) is 9.23 Å². The molecule has 2 aromatic rings. The Bertz CT molecular complexity index is 443. The third-order valence-corrected chi connectivity index (χ3v) is 2.35. The van der Waals surface area contributed by atoms with E-state index >= 15 is 0 Å². The van der Waals surface area contributed by atoms with Crippen LogP contribution < -0.4 is 4.74 Å². The number of hydrogen-bond donors (Lipinski definition) is 0. The van der Waals surface area contributed by atoms with Gasteiger partial charge in [-0.25, -0.2) is 0 Å². The third-order valence-electron chi connectivity index (χ3n) is 2.35. The van der Waals surface area contributed by atoms with E-state index in [1.54, 1.807) is 7.11 Å². The molecular formula is C14H13O. The lowest BCUT2D eigenvalue weighted by molar-refractivity contribution is 0.415. The number of benzene rings is 2. The Morgan fingerprint density at radius 2 is 1.67 bits per heavy atom. The summed E-state index contributed by atoms with van der Waals surface area (Å²) in [4.78, 5) is 0. The molecule has 15 heavy (non-hydrogen) atoms. The summed E-state index contributed by atoms with van der Waals surface area (Å²) in [6.07, 6.45) is 0. The molecule has 0 bridgehead atoms. The van der Waals surface area contributed by atoms with Crippen molar-refractivity contribution < 1.29 is 4.74 Å². The standard InChI is InChI=1S/C14H13O/c1-11-4-3-5-13(10-11)12-6-8-14(15-2)9-7-12/h3-10H,1H2,2H3. The fourth-order valence-corrected chi connectivity index (χ4v) is 1.53. The highest BCUT2D eigenvalue weighted by molar-refractivity contribution is 5.65. The predicted octanol–water partition coefficient (Wildman–Crippen LogP) is 3.54. The first-order chi connectivity index (χ1) is 7.29. The minimum atomic E-state index is 0.879. The van der Waals surface area contributed by atoms with Crippen molar-refractivity contribution in [1.29, 1.82) is 0 Å². The van der Waals surface area contributed by atoms with Crippen LogP contribution >= 0.6 is 0 Å². The van der Waals surface area contributed by atoms with Gasteiger partial charge in [0.1, 0.15) is 5.75 Å². The molecule has 0 amide bonds. The lowest BCUT2D eigenvalue weighted by atomic mass is 10.0. The van der Waals surface area contributed by atoms with Crippen LogP contribution in [0.3, 0.4) is 0 Å². The molecule has 0 unspecified atom stereocenters. The van der Waals surface area contributed by atoms with Gasteiger partial charge < -0.3 is 4.74 Å². The Hall–Kier alpha value is -1.76. The molecule has 0 heterocycles. The summed E-state index contributed by atoms with van der Waals surface area (Å²) in [6.45, 7) is 3.92. The van der Waals surface area contributed by atoms with Crippen LogP contribution in [0.15, 0.2) is 48.5 Å². The Labute approximate surface area is 90.3 Å². The van der Waals surface area contributed by atoms with Gasteiger partial charge in [-0.2, -0.15) is 0 Å². The van der Waals surface area contributed by atoms with E-state index in [0.29, 0.717) is 0 Å². The summed E-state index contributed by atoms with van der Waals surface area (Å²) in [5.74, 6) is 0.879. The molecule has 0 aliphatic carbocycles. The lowest BCUT2D eigenvalue weighted by Crippen LogP contribution is -1.83. The van der Waals surface area contributed by atoms with E-state index in [2.05, 4.69) is 19.1 Å². The van der Waals surface area contributed by atoms with Gasteiger partial charge >= 0.3 is 0 Å². The molecule has 0 saturated carbocycles. The summed E-state index contributed by atoms with van der Waals surface area (Å²) in [5.41, 5.74) is 3.40. The maximum Gasteiger partial charge on any atom is 0.118 e. The van der Waals surface area contributed by atoms with Crippen LogP contribution in [-0.4, -0.2) is 7.11 Å². The molecule has 0 saturated heterocycles. The van der Waals surface area contributed by atoms with E-state index in [1.807, 2.05) is 36.4 Å². The van der Waals surface area contributed by atoms with Gasteiger partial charge in [0.2, 0.25) is 0 Å². The van der Waals surface area contributed by atoms with Gasteiger partial charge in [-0.05, 0) is 35.7 Å². The molecular weight excluding hydrogens is 184 g/mol. The number of rotatable bonds is 2. The average molecular weight is 197 g/mol. The van der Waals surface area contributed by atoms with Gasteiger partial charge in [0.25, 0.3) is 0 Å². The number of hydrogen-bond acceptors (Lipinski definition) is 1. The molecule has 0 atom stereocenters. The first-order valence-electron chi connectivity index (χ1n) is 4.86. The van der Waals surface area contributed by atoms with E-state index in [-0.39, 0.29) is 0 Å². The highest BCUT2D eigenvalue weighted by atomic mass is 16.5. The molecule has 1 nitrogen and oxygen atoms in total. The van der Waals surface area contributed by atoms with Crippen LogP contribution in [0.4, 0.5) is 0 Å². The molecule has 75 valence electrons. The van der Waals surface area contributed by atoms with E-state index in [1.165, 1.54) is 11.1 Å². The Balaban J connectivity index is 2.37. The van der Waals surface area contributed by atoms with Crippen molar-refractivity contribution in [2.45, 2.75) is 0 Å². The minimum Gasteiger partial charge on any atom is -0.497 e. The molecule has 0 aliphatic rings. The van der Waals surface area contributed by atoms with Crippen molar-refractivity contribution >= 4 is 0 Å². The summed E-state index contributed by atoms with van der Waals surface area (Å²) < 4.78 is 5.12. The van der Waals surface area contributed by atoms with Crippen LogP contribution in [0.5, 0.6) is 5.75 Å². The lowest BCUT2D eigenvalue weighted by Gasteiger charge is -2.04. The van der Waals surface area contributed by atoms with E-state index in [9.17, 15) is 0 Å². The van der Waals surface area contributed by atoms with Crippen molar-refractivity contribution in [3.05, 3.63) is 61.0 Å². The molecule has 1 heteroatoms. The van der Waals surface area contributed by atoms with Gasteiger partial charge in [-0.3, -0.25) is 0 Å². The van der Waals surface area contributed by atoms with E-state index in [4.69, 9.17) is 4.74 Å². The predicted molar refractivity (Wildman–Crippen MR) is 62.9 cm³/mol. The van der Waals surface area contributed by atoms with Crippen molar-refractivity contribution in [3.63, 3.8) is 0 Å². The van der Waals surface area contributed by atoms with Gasteiger partial charge in [0.15, 0.2) is 0 Å². The second kappa shape index (κ2) is 4.18. The summed E-state index contributed by atoms with van der Waals surface area (Å²) >= 11 is 0. The molecule has 0 N–H and O–H groups in total. The first-order valence-corrected chi connectivity index (χ1v) is 4.86. The Morgan fingerprint density at radius 1 is 0.933 bits per heavy atom. The minimum absolute atomic E-state index is 0.879. The van der Waals surface area contributed by atoms with Crippen molar-refractivity contribution in [2.75, 3.05) is 7.11 Å². The van der Waals surface area contributed by atoms with Gasteiger partial charge in [0.05, 0.1) is 7.11 Å². The second-order valence-electron chi connectivity index (χ2n) is 3.43. The van der Waals surface area contributed by atoms with Crippen molar-refractivity contribution in [1.82, 2.24) is 0 Å². The monoisotopic (exact) mass is 197 g/mol. The van der Waals surface area contributed by atoms with Crippen LogP contribution in [0.2, 0.25) is 0 Å². The van der Waals surface area contributed by atoms with Crippen LogP contribution in [0.1, 0.15) is 5.56 Å². The molecule has 0 fully saturated rings. The largest absolute Gasteiger partial charge is 0.497 e. The van der Waals surface area contributed by atoms with Gasteiger partial charge in [-0.1, -0.05) is 36.4 Å². The number of ether oxygens (including phenoxy) is 1. The molecule has 0 spiro atoms. The zero-order valence-electron chi connectivity index (χ0n) is 8.73. The fraction of sp³-hybridized carbons (Fsp3) is 0.0714. The molecule has 0 aromatic heterocycles. The smallest absolute Gasteiger partial charge is 0.118 e. The fourth-order valence-electron chi connectivity index (χ4n) is 1.53. The normalized spacial score (nSPS) is 10.0. The van der Waals surface area contributed by atoms with Crippen LogP contribution in [0.25, 0.3) is 11.1 Å². The Kier molecular flexibility index (Phi) is 2.72. The van der Waals surface area contributed by atoms with E-state index < -0.39 is 0 Å². The molecule has 0 aliphatic heterocycles. The zero-order valence-corrected chi connectivity index (χ0v) is 8.73. The first kappa shape index (κ1) is 9.78. The average Bonchev–Trinajstić information content (AvgIpc) is 2.29. The molecule has 1 radical (unpaired) electrons. The summed E-state index contributed by atoms with van der Waals surface area (Å²) in [5, 5.41) is 0. The zero-order chi connectivity index (χ0) is 10.7. The quantitative estimate of drug-likeness (QED) is 0.715. The molecule has 2 rings (SSSR count). The second-order valence-corrected chi connectivity index (χ2v) is 3.43. The molecule has 2 aromatic carbocycles. The maximum absolute atomic E-state index is 5.12. The van der Waals surface area contributed by atoms with E-state index in [0.717, 1.165) is 11.3 Å². The number of methoxy groups -OCH3 is 1. The van der Waals surface area contributed by atoms with Gasteiger partial charge in [-0.15, -0.1) is 0 Å². The van der Waals surface area contributed by atoms with Crippen LogP contribution in [0, 0.1) is 6.92 Å². The third kappa shape index (κ3) is 2.18. The summed E-state index contributed by atoms with van der Waals surface area (Å²) in [7, 11) is 1.67. The van der Waals surface area contributed by atoms with Crippen molar-refractivity contribution in [2.24, 2.45) is 0 Å². The Morgan fingerprint density at radius 3 is 2.27 bits per heavy atom. The maximum atomic E-state index is 5.12. The van der Waals surface area contributed by atoms with Crippen LogP contribution in [-0.2, 0) is 0 Å².